The second-order valence-corrected chi connectivity index (χ2v) is 9.16. The van der Waals surface area contributed by atoms with Gasteiger partial charge in [-0.3, -0.25) is 4.79 Å². The molecule has 3 nitrogen and oxygen atoms in total. The summed E-state index contributed by atoms with van der Waals surface area (Å²) in [6.45, 7) is 4.21. The molecule has 0 unspecified atom stereocenters. The lowest BCUT2D eigenvalue weighted by Crippen LogP contribution is -2.19. The van der Waals surface area contributed by atoms with Crippen LogP contribution in [-0.4, -0.2) is 11.1 Å². The normalized spacial score (nSPS) is 16.3. The van der Waals surface area contributed by atoms with Crippen molar-refractivity contribution in [3.05, 3.63) is 94.4 Å². The second-order valence-electron chi connectivity index (χ2n) is 6.99. The van der Waals surface area contributed by atoms with Crippen LogP contribution in [-0.2, 0) is 11.2 Å². The molecule has 1 aliphatic rings. The van der Waals surface area contributed by atoms with Gasteiger partial charge in [-0.1, -0.05) is 60.6 Å². The van der Waals surface area contributed by atoms with Crippen LogP contribution in [0, 0.1) is 6.92 Å². The van der Waals surface area contributed by atoms with Gasteiger partial charge in [-0.05, 0) is 78.7 Å². The van der Waals surface area contributed by atoms with E-state index in [1.165, 1.54) is 32.7 Å². The number of amidine groups is 1. The summed E-state index contributed by atoms with van der Waals surface area (Å²) in [7, 11) is 0. The summed E-state index contributed by atoms with van der Waals surface area (Å²) in [5, 5.41) is 3.46. The van der Waals surface area contributed by atoms with Gasteiger partial charge >= 0.3 is 0 Å². The van der Waals surface area contributed by atoms with E-state index in [4.69, 9.17) is 0 Å². The molecular formula is C25H22N2OS2. The monoisotopic (exact) mass is 430 g/mol. The van der Waals surface area contributed by atoms with Crippen molar-refractivity contribution in [3.8, 4) is 0 Å². The molecule has 0 aliphatic carbocycles. The van der Waals surface area contributed by atoms with Crippen LogP contribution in [0.15, 0.2) is 92.5 Å². The molecule has 1 heterocycles. The Labute approximate surface area is 185 Å². The van der Waals surface area contributed by atoms with Crippen LogP contribution in [0.5, 0.6) is 0 Å². The Balaban J connectivity index is 1.44. The average Bonchev–Trinajstić information content (AvgIpc) is 3.10. The van der Waals surface area contributed by atoms with Gasteiger partial charge < -0.3 is 5.32 Å². The summed E-state index contributed by atoms with van der Waals surface area (Å²) >= 11 is 3.10. The summed E-state index contributed by atoms with van der Waals surface area (Å²) < 4.78 is 0. The van der Waals surface area contributed by atoms with Crippen molar-refractivity contribution in [3.63, 3.8) is 0 Å². The fourth-order valence-corrected chi connectivity index (χ4v) is 4.59. The predicted molar refractivity (Wildman–Crippen MR) is 128 cm³/mol. The van der Waals surface area contributed by atoms with Gasteiger partial charge in [-0.15, -0.1) is 0 Å². The number of aliphatic imine (C=N–C) groups is 1. The highest BCUT2D eigenvalue weighted by atomic mass is 32.2. The quantitative estimate of drug-likeness (QED) is 0.464. The summed E-state index contributed by atoms with van der Waals surface area (Å²) in [5.74, 6) is -0.109. The highest BCUT2D eigenvalue weighted by molar-refractivity contribution is 8.18. The van der Waals surface area contributed by atoms with Crippen molar-refractivity contribution in [2.75, 3.05) is 0 Å². The molecular weight excluding hydrogens is 408 g/mol. The minimum absolute atomic E-state index is 0.109. The Morgan fingerprint density at radius 1 is 0.933 bits per heavy atom. The lowest BCUT2D eigenvalue weighted by atomic mass is 10.2. The number of aryl methyl sites for hydroxylation is 2. The molecule has 1 aliphatic heterocycles. The number of amides is 1. The number of rotatable bonds is 5. The molecule has 0 aromatic heterocycles. The van der Waals surface area contributed by atoms with Crippen LogP contribution in [0.2, 0.25) is 0 Å². The molecule has 0 spiro atoms. The fraction of sp³-hybridized carbons (Fsp3) is 0.120. The zero-order valence-corrected chi connectivity index (χ0v) is 18.5. The van der Waals surface area contributed by atoms with Crippen molar-refractivity contribution in [1.82, 2.24) is 5.32 Å². The molecule has 0 atom stereocenters. The second kappa shape index (κ2) is 9.37. The minimum Gasteiger partial charge on any atom is -0.300 e. The van der Waals surface area contributed by atoms with E-state index in [9.17, 15) is 4.79 Å². The maximum atomic E-state index is 12.3. The van der Waals surface area contributed by atoms with E-state index in [1.807, 2.05) is 30.3 Å². The van der Waals surface area contributed by atoms with Gasteiger partial charge in [0.25, 0.3) is 5.91 Å². The Bertz CT molecular complexity index is 1100. The van der Waals surface area contributed by atoms with Gasteiger partial charge in [0.1, 0.15) is 0 Å². The molecule has 1 saturated heterocycles. The molecule has 3 aromatic rings. The van der Waals surface area contributed by atoms with E-state index < -0.39 is 0 Å². The number of nitrogens with zero attached hydrogens (tertiary/aromatic N) is 1. The van der Waals surface area contributed by atoms with Crippen LogP contribution in [0.4, 0.5) is 5.69 Å². The Morgan fingerprint density at radius 3 is 2.20 bits per heavy atom. The molecule has 3 aromatic carbocycles. The zero-order valence-electron chi connectivity index (χ0n) is 16.9. The molecule has 5 heteroatoms. The number of thioether (sulfide) groups is 1. The van der Waals surface area contributed by atoms with Gasteiger partial charge in [0.15, 0.2) is 5.17 Å². The predicted octanol–water partition coefficient (Wildman–Crippen LogP) is 6.60. The number of carbonyl (C=O) groups excluding carboxylic acids is 1. The van der Waals surface area contributed by atoms with Gasteiger partial charge in [0.05, 0.1) is 10.6 Å². The van der Waals surface area contributed by atoms with Crippen LogP contribution in [0.25, 0.3) is 6.08 Å². The van der Waals surface area contributed by atoms with Gasteiger partial charge in [-0.2, -0.15) is 0 Å². The Morgan fingerprint density at radius 2 is 1.57 bits per heavy atom. The van der Waals surface area contributed by atoms with Crippen molar-refractivity contribution in [2.45, 2.75) is 30.1 Å². The van der Waals surface area contributed by atoms with E-state index in [2.05, 4.69) is 72.7 Å². The largest absolute Gasteiger partial charge is 0.300 e. The number of nitrogens with one attached hydrogen (secondary N) is 1. The Kier molecular flexibility index (Phi) is 6.41. The summed E-state index contributed by atoms with van der Waals surface area (Å²) in [6.07, 6.45) is 2.90. The highest BCUT2D eigenvalue weighted by Gasteiger charge is 2.23. The molecule has 0 saturated carbocycles. The number of benzene rings is 3. The van der Waals surface area contributed by atoms with Crippen molar-refractivity contribution >= 4 is 46.4 Å². The van der Waals surface area contributed by atoms with Crippen molar-refractivity contribution < 1.29 is 4.79 Å². The molecule has 1 N–H and O–H groups in total. The van der Waals surface area contributed by atoms with Gasteiger partial charge in [-0.25, -0.2) is 4.99 Å². The van der Waals surface area contributed by atoms with Crippen LogP contribution < -0.4 is 5.32 Å². The SMILES string of the molecule is CCc1ccc(N=C2NC(=O)/C(=C/c3ccc(Sc4ccc(C)cc4)cc3)S2)cc1. The first-order valence-corrected chi connectivity index (χ1v) is 11.5. The fourth-order valence-electron chi connectivity index (χ4n) is 2.93. The van der Waals surface area contributed by atoms with Crippen LogP contribution >= 0.6 is 23.5 Å². The zero-order chi connectivity index (χ0) is 20.9. The summed E-state index contributed by atoms with van der Waals surface area (Å²) in [5.41, 5.74) is 4.37. The molecule has 30 heavy (non-hydrogen) atoms. The number of carbonyl (C=O) groups is 1. The van der Waals surface area contributed by atoms with E-state index in [0.29, 0.717) is 10.1 Å². The van der Waals surface area contributed by atoms with E-state index in [0.717, 1.165) is 17.7 Å². The first-order valence-electron chi connectivity index (χ1n) is 9.82. The third-order valence-corrected chi connectivity index (χ3v) is 6.59. The van der Waals surface area contributed by atoms with Crippen LogP contribution in [0.3, 0.4) is 0 Å². The maximum Gasteiger partial charge on any atom is 0.264 e. The first-order chi connectivity index (χ1) is 14.6. The van der Waals surface area contributed by atoms with E-state index >= 15 is 0 Å². The van der Waals surface area contributed by atoms with E-state index in [-0.39, 0.29) is 5.91 Å². The maximum absolute atomic E-state index is 12.3. The lowest BCUT2D eigenvalue weighted by Gasteiger charge is -2.03. The van der Waals surface area contributed by atoms with Crippen molar-refractivity contribution in [1.29, 1.82) is 0 Å². The minimum atomic E-state index is -0.109. The Hall–Kier alpha value is -2.76. The third kappa shape index (κ3) is 5.23. The molecule has 0 radical (unpaired) electrons. The number of hydrogen-bond donors (Lipinski definition) is 1. The van der Waals surface area contributed by atoms with Crippen molar-refractivity contribution in [2.24, 2.45) is 4.99 Å². The molecule has 1 amide bonds. The lowest BCUT2D eigenvalue weighted by molar-refractivity contribution is -0.115. The summed E-state index contributed by atoms with van der Waals surface area (Å²) in [4.78, 5) is 19.9. The van der Waals surface area contributed by atoms with E-state index in [1.54, 1.807) is 11.8 Å². The standard InChI is InChI=1S/C25H22N2OS2/c1-3-18-6-10-20(11-7-18)26-25-27-24(28)23(30-25)16-19-8-14-22(15-9-19)29-21-12-4-17(2)5-13-21/h4-16H,3H2,1-2H3,(H,26,27,28)/b23-16-. The number of hydrogen-bond acceptors (Lipinski definition) is 4. The van der Waals surface area contributed by atoms with Gasteiger partial charge in [0, 0.05) is 9.79 Å². The molecule has 0 bridgehead atoms. The molecule has 1 fully saturated rings. The third-order valence-electron chi connectivity index (χ3n) is 4.66. The highest BCUT2D eigenvalue weighted by Crippen LogP contribution is 2.30. The van der Waals surface area contributed by atoms with Gasteiger partial charge in [0.2, 0.25) is 0 Å². The summed E-state index contributed by atoms with van der Waals surface area (Å²) in [6, 6.07) is 24.8. The molecule has 4 rings (SSSR count). The topological polar surface area (TPSA) is 41.5 Å². The molecule has 150 valence electrons. The smallest absolute Gasteiger partial charge is 0.264 e. The average molecular weight is 431 g/mol. The first kappa shape index (κ1) is 20.5. The van der Waals surface area contributed by atoms with Crippen LogP contribution in [0.1, 0.15) is 23.6 Å².